The summed E-state index contributed by atoms with van der Waals surface area (Å²) in [7, 11) is 1.38. The molecule has 0 fully saturated rings. The molecule has 0 aliphatic heterocycles. The molecule has 32 heavy (non-hydrogen) atoms. The lowest BCUT2D eigenvalue weighted by molar-refractivity contribution is -0.145. The van der Waals surface area contributed by atoms with Crippen LogP contribution in [0.15, 0.2) is 55.8 Å². The standard InChI is InChI=1S/C12H16O3.C9H10N2O4.C2H4/c1-3-12(13)14-9-10(2)15-11-7-5-4-6-8-11;1-5(12)15-8-6(14-2)3-4-11-7(8)9(10)13;1-2/h4-8,10H,3,9H2,1-2H3;3-4H,1-2H3,(H2,10,13);1-2H2. The van der Waals surface area contributed by atoms with E-state index >= 15 is 0 Å². The third-order valence-corrected chi connectivity index (χ3v) is 3.42. The number of carbonyl (C=O) groups excluding carboxylic acids is 3. The van der Waals surface area contributed by atoms with E-state index in [9.17, 15) is 14.4 Å². The number of amides is 1. The van der Waals surface area contributed by atoms with Crippen LogP contribution in [0.1, 0.15) is 37.7 Å². The molecule has 0 aliphatic rings. The third kappa shape index (κ3) is 10.8. The molecule has 174 valence electrons. The van der Waals surface area contributed by atoms with Gasteiger partial charge in [-0.2, -0.15) is 0 Å². The van der Waals surface area contributed by atoms with Gasteiger partial charge in [0.25, 0.3) is 5.91 Å². The average molecular weight is 447 g/mol. The van der Waals surface area contributed by atoms with Gasteiger partial charge < -0.3 is 24.7 Å². The van der Waals surface area contributed by atoms with Crippen LogP contribution in [0.4, 0.5) is 0 Å². The molecule has 0 aliphatic carbocycles. The molecule has 2 rings (SSSR count). The van der Waals surface area contributed by atoms with E-state index in [-0.39, 0.29) is 29.3 Å². The van der Waals surface area contributed by atoms with Gasteiger partial charge in [-0.1, -0.05) is 25.1 Å². The molecule has 2 N–H and O–H groups in total. The highest BCUT2D eigenvalue weighted by atomic mass is 16.6. The number of para-hydroxylation sites is 1. The van der Waals surface area contributed by atoms with E-state index in [0.717, 1.165) is 5.75 Å². The van der Waals surface area contributed by atoms with Crippen molar-refractivity contribution in [3.8, 4) is 17.2 Å². The van der Waals surface area contributed by atoms with Gasteiger partial charge in [-0.05, 0) is 19.1 Å². The highest BCUT2D eigenvalue weighted by molar-refractivity contribution is 5.95. The molecule has 9 nitrogen and oxygen atoms in total. The van der Waals surface area contributed by atoms with Crippen LogP contribution in [0.5, 0.6) is 17.2 Å². The third-order valence-electron chi connectivity index (χ3n) is 3.42. The Morgan fingerprint density at radius 3 is 2.25 bits per heavy atom. The minimum atomic E-state index is -0.787. The van der Waals surface area contributed by atoms with Crippen LogP contribution in [0, 0.1) is 0 Å². The number of methoxy groups -OCH3 is 1. The maximum absolute atomic E-state index is 11.0. The van der Waals surface area contributed by atoms with Gasteiger partial charge in [0.2, 0.25) is 5.75 Å². The molecule has 0 saturated heterocycles. The van der Waals surface area contributed by atoms with Crippen LogP contribution in [0.3, 0.4) is 0 Å². The highest BCUT2D eigenvalue weighted by Crippen LogP contribution is 2.29. The largest absolute Gasteiger partial charge is 0.493 e. The van der Waals surface area contributed by atoms with Gasteiger partial charge >= 0.3 is 11.9 Å². The molecule has 1 atom stereocenters. The summed E-state index contributed by atoms with van der Waals surface area (Å²) in [6, 6.07) is 10.9. The van der Waals surface area contributed by atoms with Crippen molar-refractivity contribution in [2.24, 2.45) is 5.73 Å². The number of carbonyl (C=O) groups is 3. The summed E-state index contributed by atoms with van der Waals surface area (Å²) in [5.41, 5.74) is 4.93. The van der Waals surface area contributed by atoms with Crippen LogP contribution < -0.4 is 19.9 Å². The maximum atomic E-state index is 11.0. The fourth-order valence-electron chi connectivity index (χ4n) is 2.09. The van der Waals surface area contributed by atoms with E-state index in [0.29, 0.717) is 13.0 Å². The number of aromatic nitrogens is 1. The Kier molecular flexibility index (Phi) is 14.0. The second kappa shape index (κ2) is 15.9. The van der Waals surface area contributed by atoms with E-state index in [1.54, 1.807) is 6.92 Å². The molecule has 1 aromatic heterocycles. The highest BCUT2D eigenvalue weighted by Gasteiger charge is 2.18. The van der Waals surface area contributed by atoms with Crippen LogP contribution in [0.25, 0.3) is 0 Å². The fraction of sp³-hybridized carbons (Fsp3) is 0.304. The molecule has 1 unspecified atom stereocenters. The first kappa shape index (κ1) is 28.1. The zero-order valence-corrected chi connectivity index (χ0v) is 18.8. The summed E-state index contributed by atoms with van der Waals surface area (Å²) in [4.78, 5) is 36.4. The predicted octanol–water partition coefficient (Wildman–Crippen LogP) is 3.32. The number of esters is 2. The Bertz CT molecular complexity index is 857. The fourth-order valence-corrected chi connectivity index (χ4v) is 2.09. The van der Waals surface area contributed by atoms with Crippen molar-refractivity contribution in [2.45, 2.75) is 33.3 Å². The normalized spacial score (nSPS) is 10.1. The van der Waals surface area contributed by atoms with E-state index in [2.05, 4.69) is 18.1 Å². The summed E-state index contributed by atoms with van der Waals surface area (Å²) in [6.07, 6.45) is 1.62. The van der Waals surface area contributed by atoms with Crippen molar-refractivity contribution in [3.05, 3.63) is 61.4 Å². The van der Waals surface area contributed by atoms with E-state index in [4.69, 9.17) is 24.7 Å². The van der Waals surface area contributed by atoms with Gasteiger partial charge in [-0.15, -0.1) is 13.2 Å². The minimum absolute atomic E-state index is 0.0556. The molecule has 0 bridgehead atoms. The Balaban J connectivity index is 0.000000557. The first-order chi connectivity index (χ1) is 15.3. The number of primary amides is 1. The van der Waals surface area contributed by atoms with Crippen molar-refractivity contribution in [2.75, 3.05) is 13.7 Å². The molecule has 0 spiro atoms. The van der Waals surface area contributed by atoms with Crippen molar-refractivity contribution in [1.82, 2.24) is 4.98 Å². The second-order valence-corrected chi connectivity index (χ2v) is 5.93. The first-order valence-electron chi connectivity index (χ1n) is 9.67. The first-order valence-corrected chi connectivity index (χ1v) is 9.67. The topological polar surface area (TPSA) is 127 Å². The van der Waals surface area contributed by atoms with E-state index in [1.807, 2.05) is 37.3 Å². The zero-order chi connectivity index (χ0) is 24.5. The van der Waals surface area contributed by atoms with Crippen molar-refractivity contribution < 1.29 is 33.3 Å². The Labute approximate surface area is 188 Å². The average Bonchev–Trinajstić information content (AvgIpc) is 2.79. The van der Waals surface area contributed by atoms with Gasteiger partial charge in [-0.25, -0.2) is 4.98 Å². The number of hydrogen-bond donors (Lipinski definition) is 1. The molecule has 0 radical (unpaired) electrons. The number of pyridine rings is 1. The molecule has 1 amide bonds. The summed E-state index contributed by atoms with van der Waals surface area (Å²) in [5, 5.41) is 0. The lowest BCUT2D eigenvalue weighted by atomic mass is 10.3. The quantitative estimate of drug-likeness (QED) is 0.483. The molecule has 9 heteroatoms. The van der Waals surface area contributed by atoms with Crippen molar-refractivity contribution >= 4 is 17.8 Å². The maximum Gasteiger partial charge on any atom is 0.308 e. The van der Waals surface area contributed by atoms with Gasteiger partial charge in [0, 0.05) is 25.6 Å². The van der Waals surface area contributed by atoms with Crippen molar-refractivity contribution in [3.63, 3.8) is 0 Å². The summed E-state index contributed by atoms with van der Waals surface area (Å²) in [5.74, 6) is -0.598. The molecule has 0 saturated carbocycles. The van der Waals surface area contributed by atoms with Gasteiger partial charge in [0.1, 0.15) is 18.5 Å². The summed E-state index contributed by atoms with van der Waals surface area (Å²) >= 11 is 0. The summed E-state index contributed by atoms with van der Waals surface area (Å²) < 4.78 is 20.2. The number of rotatable bonds is 8. The lowest BCUT2D eigenvalue weighted by Gasteiger charge is -2.14. The lowest BCUT2D eigenvalue weighted by Crippen LogP contribution is -2.21. The molecular weight excluding hydrogens is 416 g/mol. The molecular formula is C23H30N2O7. The second-order valence-electron chi connectivity index (χ2n) is 5.93. The van der Waals surface area contributed by atoms with E-state index < -0.39 is 11.9 Å². The van der Waals surface area contributed by atoms with E-state index in [1.165, 1.54) is 26.3 Å². The Hall–Kier alpha value is -3.88. The predicted molar refractivity (Wildman–Crippen MR) is 120 cm³/mol. The van der Waals surface area contributed by atoms with Crippen molar-refractivity contribution in [1.29, 1.82) is 0 Å². The monoisotopic (exact) mass is 446 g/mol. The van der Waals surface area contributed by atoms with Gasteiger partial charge in [-0.3, -0.25) is 14.4 Å². The molecule has 1 heterocycles. The number of hydrogen-bond acceptors (Lipinski definition) is 8. The Morgan fingerprint density at radius 2 is 1.75 bits per heavy atom. The smallest absolute Gasteiger partial charge is 0.308 e. The number of ether oxygens (including phenoxy) is 4. The van der Waals surface area contributed by atoms with Crippen LogP contribution in [-0.2, 0) is 14.3 Å². The van der Waals surface area contributed by atoms with Crippen LogP contribution in [0.2, 0.25) is 0 Å². The SMILES string of the molecule is C=C.CCC(=O)OCC(C)Oc1ccccc1.COc1ccnc(C(N)=O)c1OC(C)=O. The van der Waals surface area contributed by atoms with Gasteiger partial charge in [0.05, 0.1) is 7.11 Å². The number of nitrogens with zero attached hydrogens (tertiary/aromatic N) is 1. The zero-order valence-electron chi connectivity index (χ0n) is 18.8. The number of nitrogens with two attached hydrogens (primary N) is 1. The van der Waals surface area contributed by atoms with Crippen LogP contribution >= 0.6 is 0 Å². The van der Waals surface area contributed by atoms with Gasteiger partial charge in [0.15, 0.2) is 11.4 Å². The minimum Gasteiger partial charge on any atom is -0.493 e. The summed E-state index contributed by atoms with van der Waals surface area (Å²) in [6.45, 7) is 11.1. The molecule has 2 aromatic rings. The van der Waals surface area contributed by atoms with Crippen LogP contribution in [-0.4, -0.2) is 42.7 Å². The number of benzene rings is 1. The Morgan fingerprint density at radius 1 is 1.12 bits per heavy atom. The molecule has 1 aromatic carbocycles.